The predicted octanol–water partition coefficient (Wildman–Crippen LogP) is 3.61. The number of rotatable bonds is 6. The van der Waals surface area contributed by atoms with Gasteiger partial charge in [-0.05, 0) is 31.2 Å². The number of thiazole rings is 1. The van der Waals surface area contributed by atoms with E-state index in [1.54, 1.807) is 24.5 Å². The molecule has 5 nitrogen and oxygen atoms in total. The van der Waals surface area contributed by atoms with E-state index < -0.39 is 0 Å². The Balaban J connectivity index is 1.51. The van der Waals surface area contributed by atoms with Gasteiger partial charge in [0.05, 0.1) is 24.0 Å². The van der Waals surface area contributed by atoms with Gasteiger partial charge in [-0.2, -0.15) is 0 Å². The normalized spacial score (nSPS) is 10.4. The molecule has 0 saturated heterocycles. The minimum absolute atomic E-state index is 0.112. The van der Waals surface area contributed by atoms with Gasteiger partial charge in [0.25, 0.3) is 0 Å². The van der Waals surface area contributed by atoms with Crippen molar-refractivity contribution in [3.05, 3.63) is 70.4 Å². The van der Waals surface area contributed by atoms with Gasteiger partial charge in [-0.15, -0.1) is 11.3 Å². The van der Waals surface area contributed by atoms with Crippen molar-refractivity contribution in [2.24, 2.45) is 0 Å². The zero-order chi connectivity index (χ0) is 16.8. The molecule has 6 heteroatoms. The van der Waals surface area contributed by atoms with Crippen LogP contribution in [0.2, 0.25) is 0 Å². The highest BCUT2D eigenvalue weighted by atomic mass is 32.1. The fourth-order valence-corrected chi connectivity index (χ4v) is 2.79. The highest BCUT2D eigenvalue weighted by molar-refractivity contribution is 7.09. The fourth-order valence-electron chi connectivity index (χ4n) is 2.08. The molecule has 0 unspecified atom stereocenters. The van der Waals surface area contributed by atoms with E-state index in [4.69, 9.17) is 4.74 Å². The molecule has 3 rings (SSSR count). The van der Waals surface area contributed by atoms with Crippen LogP contribution < -0.4 is 10.1 Å². The van der Waals surface area contributed by atoms with E-state index in [1.165, 1.54) is 16.9 Å². The Morgan fingerprint density at radius 1 is 1.25 bits per heavy atom. The van der Waals surface area contributed by atoms with E-state index in [2.05, 4.69) is 15.3 Å². The molecule has 0 fully saturated rings. The summed E-state index contributed by atoms with van der Waals surface area (Å²) in [5, 5.41) is 5.53. The van der Waals surface area contributed by atoms with Crippen molar-refractivity contribution in [2.45, 2.75) is 20.0 Å². The third kappa shape index (κ3) is 4.63. The van der Waals surface area contributed by atoms with E-state index in [0.717, 1.165) is 16.5 Å². The number of amides is 1. The van der Waals surface area contributed by atoms with Crippen molar-refractivity contribution in [3.8, 4) is 5.75 Å². The molecule has 0 atom stereocenters. The third-order valence-corrected chi connectivity index (χ3v) is 4.14. The summed E-state index contributed by atoms with van der Waals surface area (Å²) < 4.78 is 5.70. The van der Waals surface area contributed by atoms with Crippen molar-refractivity contribution in [3.63, 3.8) is 0 Å². The summed E-state index contributed by atoms with van der Waals surface area (Å²) in [5.74, 6) is 0.700. The lowest BCUT2D eigenvalue weighted by molar-refractivity contribution is -0.115. The quantitative estimate of drug-likeness (QED) is 0.745. The van der Waals surface area contributed by atoms with Gasteiger partial charge >= 0.3 is 0 Å². The van der Waals surface area contributed by atoms with Gasteiger partial charge in [0, 0.05) is 11.6 Å². The van der Waals surface area contributed by atoms with Crippen molar-refractivity contribution in [1.29, 1.82) is 0 Å². The van der Waals surface area contributed by atoms with Gasteiger partial charge in [-0.1, -0.05) is 17.7 Å². The van der Waals surface area contributed by atoms with Crippen LogP contribution in [-0.4, -0.2) is 15.9 Å². The number of anilines is 1. The Hall–Kier alpha value is -2.73. The smallest absolute Gasteiger partial charge is 0.230 e. The second kappa shape index (κ2) is 7.70. The first-order valence-electron chi connectivity index (χ1n) is 7.52. The van der Waals surface area contributed by atoms with Crippen molar-refractivity contribution >= 4 is 22.9 Å². The number of carbonyl (C=O) groups excluding carboxylic acids is 1. The van der Waals surface area contributed by atoms with Crippen LogP contribution in [0.5, 0.6) is 5.75 Å². The lowest BCUT2D eigenvalue weighted by Crippen LogP contribution is -2.14. The molecule has 24 heavy (non-hydrogen) atoms. The third-order valence-electron chi connectivity index (χ3n) is 3.27. The van der Waals surface area contributed by atoms with Crippen LogP contribution in [0.1, 0.15) is 16.3 Å². The maximum absolute atomic E-state index is 12.0. The summed E-state index contributed by atoms with van der Waals surface area (Å²) in [4.78, 5) is 20.4. The number of pyridine rings is 1. The molecular weight excluding hydrogens is 322 g/mol. The number of ether oxygens (including phenoxy) is 1. The molecule has 1 N–H and O–H groups in total. The zero-order valence-corrected chi connectivity index (χ0v) is 14.0. The van der Waals surface area contributed by atoms with Crippen LogP contribution >= 0.6 is 11.3 Å². The minimum atomic E-state index is -0.112. The molecule has 0 aliphatic carbocycles. The number of aromatic nitrogens is 2. The van der Waals surface area contributed by atoms with E-state index in [9.17, 15) is 4.79 Å². The molecule has 2 aromatic heterocycles. The lowest BCUT2D eigenvalue weighted by atomic mass is 10.2. The average Bonchev–Trinajstić information content (AvgIpc) is 3.02. The molecule has 1 aromatic carbocycles. The van der Waals surface area contributed by atoms with Crippen LogP contribution in [0.4, 0.5) is 5.69 Å². The van der Waals surface area contributed by atoms with E-state index in [1.807, 2.05) is 36.6 Å². The van der Waals surface area contributed by atoms with Crippen LogP contribution in [0.25, 0.3) is 0 Å². The Bertz CT molecular complexity index is 801. The van der Waals surface area contributed by atoms with Gasteiger partial charge < -0.3 is 10.1 Å². The number of hydrogen-bond donors (Lipinski definition) is 1. The first-order chi connectivity index (χ1) is 11.7. The molecule has 0 saturated carbocycles. The second-order valence-corrected chi connectivity index (χ2v) is 6.24. The van der Waals surface area contributed by atoms with Gasteiger partial charge in [0.2, 0.25) is 5.91 Å². The summed E-state index contributed by atoms with van der Waals surface area (Å²) in [6.45, 7) is 2.44. The number of nitrogens with zero attached hydrogens (tertiary/aromatic N) is 2. The number of hydrogen-bond acceptors (Lipinski definition) is 5. The molecule has 0 bridgehead atoms. The second-order valence-electron chi connectivity index (χ2n) is 5.30. The SMILES string of the molecule is Cc1ccc(OCc2nc(CC(=O)Nc3cccnc3)cs2)cc1. The maximum atomic E-state index is 12.0. The largest absolute Gasteiger partial charge is 0.486 e. The molecule has 122 valence electrons. The van der Waals surface area contributed by atoms with Crippen LogP contribution in [0.3, 0.4) is 0 Å². The van der Waals surface area contributed by atoms with Gasteiger partial charge in [-0.3, -0.25) is 9.78 Å². The fraction of sp³-hybridized carbons (Fsp3) is 0.167. The molecule has 3 aromatic rings. The van der Waals surface area contributed by atoms with Crippen LogP contribution in [-0.2, 0) is 17.8 Å². The number of aryl methyl sites for hydroxylation is 1. The van der Waals surface area contributed by atoms with Crippen LogP contribution in [0.15, 0.2) is 54.2 Å². The summed E-state index contributed by atoms with van der Waals surface area (Å²) in [7, 11) is 0. The first-order valence-corrected chi connectivity index (χ1v) is 8.39. The van der Waals surface area contributed by atoms with Gasteiger partial charge in [0.1, 0.15) is 17.4 Å². The standard InChI is InChI=1S/C18H17N3O2S/c1-13-4-6-16(7-5-13)23-11-18-21-15(12-24-18)9-17(22)20-14-3-2-8-19-10-14/h2-8,10,12H,9,11H2,1H3,(H,20,22). The lowest BCUT2D eigenvalue weighted by Gasteiger charge is -2.04. The summed E-state index contributed by atoms with van der Waals surface area (Å²) in [6.07, 6.45) is 3.51. The van der Waals surface area contributed by atoms with E-state index >= 15 is 0 Å². The van der Waals surface area contributed by atoms with Crippen LogP contribution in [0, 0.1) is 6.92 Å². The van der Waals surface area contributed by atoms with Gasteiger partial charge in [0.15, 0.2) is 0 Å². The molecule has 0 aliphatic heterocycles. The number of carbonyl (C=O) groups is 1. The highest BCUT2D eigenvalue weighted by Crippen LogP contribution is 2.16. The van der Waals surface area contributed by atoms with Gasteiger partial charge in [-0.25, -0.2) is 4.98 Å². The highest BCUT2D eigenvalue weighted by Gasteiger charge is 2.09. The summed E-state index contributed by atoms with van der Waals surface area (Å²) >= 11 is 1.49. The number of nitrogens with one attached hydrogen (secondary N) is 1. The Labute approximate surface area is 144 Å². The van der Waals surface area contributed by atoms with Crippen molar-refractivity contribution in [2.75, 3.05) is 5.32 Å². The van der Waals surface area contributed by atoms with Crippen molar-refractivity contribution in [1.82, 2.24) is 9.97 Å². The number of benzene rings is 1. The van der Waals surface area contributed by atoms with Crippen molar-refractivity contribution < 1.29 is 9.53 Å². The maximum Gasteiger partial charge on any atom is 0.230 e. The zero-order valence-electron chi connectivity index (χ0n) is 13.2. The Morgan fingerprint density at radius 3 is 2.83 bits per heavy atom. The predicted molar refractivity (Wildman–Crippen MR) is 94.2 cm³/mol. The molecule has 0 spiro atoms. The monoisotopic (exact) mass is 339 g/mol. The summed E-state index contributed by atoms with van der Waals surface area (Å²) in [5.41, 5.74) is 2.61. The average molecular weight is 339 g/mol. The molecule has 1 amide bonds. The first kappa shape index (κ1) is 16.1. The van der Waals surface area contributed by atoms with E-state index in [-0.39, 0.29) is 12.3 Å². The topological polar surface area (TPSA) is 64.1 Å². The Morgan fingerprint density at radius 2 is 2.08 bits per heavy atom. The summed E-state index contributed by atoms with van der Waals surface area (Å²) in [6, 6.07) is 11.5. The molecule has 0 aliphatic rings. The molecule has 2 heterocycles. The minimum Gasteiger partial charge on any atom is -0.486 e. The molecular formula is C18H17N3O2S. The van der Waals surface area contributed by atoms with E-state index in [0.29, 0.717) is 12.3 Å². The Kier molecular flexibility index (Phi) is 5.18. The molecule has 0 radical (unpaired) electrons.